The smallest absolute Gasteiger partial charge is 0.253 e. The maximum atomic E-state index is 12.0. The molecule has 0 aliphatic rings. The van der Waals surface area contributed by atoms with E-state index in [1.165, 1.54) is 0 Å². The van der Waals surface area contributed by atoms with Gasteiger partial charge < -0.3 is 10.3 Å². The molecular formula is C12H12ClN3OS. The summed E-state index contributed by atoms with van der Waals surface area (Å²) in [7, 11) is 0. The van der Waals surface area contributed by atoms with Crippen LogP contribution in [0, 0.1) is 0 Å². The second-order valence-electron chi connectivity index (χ2n) is 3.61. The van der Waals surface area contributed by atoms with Gasteiger partial charge in [0.15, 0.2) is 0 Å². The highest BCUT2D eigenvalue weighted by Gasteiger charge is 2.11. The van der Waals surface area contributed by atoms with Gasteiger partial charge in [0, 0.05) is 11.1 Å². The zero-order valence-electron chi connectivity index (χ0n) is 9.74. The van der Waals surface area contributed by atoms with Crippen molar-refractivity contribution in [3.63, 3.8) is 0 Å². The fraction of sp³-hybridized carbons (Fsp3) is 0.167. The predicted molar refractivity (Wildman–Crippen MR) is 73.0 cm³/mol. The van der Waals surface area contributed by atoms with Gasteiger partial charge in [0.1, 0.15) is 0 Å². The Morgan fingerprint density at radius 1 is 1.56 bits per heavy atom. The number of nitrogens with zero attached hydrogens (tertiary/aromatic N) is 1. The van der Waals surface area contributed by atoms with Crippen LogP contribution in [-0.2, 0) is 6.54 Å². The van der Waals surface area contributed by atoms with E-state index < -0.39 is 0 Å². The van der Waals surface area contributed by atoms with Crippen molar-refractivity contribution < 1.29 is 4.79 Å². The van der Waals surface area contributed by atoms with Crippen LogP contribution in [0.2, 0.25) is 5.02 Å². The molecule has 0 spiro atoms. The van der Waals surface area contributed by atoms with Gasteiger partial charge in [0.25, 0.3) is 5.91 Å². The number of rotatable bonds is 4. The fourth-order valence-corrected chi connectivity index (χ4v) is 2.10. The molecule has 0 aliphatic heterocycles. The third-order valence-corrected chi connectivity index (χ3v) is 3.47. The topological polar surface area (TPSA) is 57.8 Å². The minimum atomic E-state index is -0.189. The first-order valence-corrected chi connectivity index (χ1v) is 6.90. The van der Waals surface area contributed by atoms with Crippen molar-refractivity contribution in [2.45, 2.75) is 11.4 Å². The van der Waals surface area contributed by atoms with Gasteiger partial charge in [-0.3, -0.25) is 4.79 Å². The van der Waals surface area contributed by atoms with E-state index in [1.807, 2.05) is 12.3 Å². The first-order valence-electron chi connectivity index (χ1n) is 5.29. The third-order valence-electron chi connectivity index (χ3n) is 2.41. The van der Waals surface area contributed by atoms with Crippen molar-refractivity contribution in [1.82, 2.24) is 15.3 Å². The quantitative estimate of drug-likeness (QED) is 0.847. The SMILES string of the molecule is CSc1ccc(Cl)c(C(=O)NCc2cnc[nH]2)c1. The molecule has 0 saturated carbocycles. The van der Waals surface area contributed by atoms with Crippen molar-refractivity contribution >= 4 is 29.3 Å². The molecule has 2 aromatic rings. The van der Waals surface area contributed by atoms with Gasteiger partial charge in [-0.05, 0) is 24.5 Å². The van der Waals surface area contributed by atoms with Gasteiger partial charge in [-0.25, -0.2) is 4.98 Å². The van der Waals surface area contributed by atoms with Gasteiger partial charge in [-0.1, -0.05) is 11.6 Å². The lowest BCUT2D eigenvalue weighted by Crippen LogP contribution is -2.23. The first kappa shape index (κ1) is 13.0. The van der Waals surface area contributed by atoms with Crippen molar-refractivity contribution in [3.05, 3.63) is 47.0 Å². The molecule has 1 amide bonds. The molecule has 1 aromatic carbocycles. The number of aromatic amines is 1. The number of hydrogen-bond donors (Lipinski definition) is 2. The number of hydrogen-bond acceptors (Lipinski definition) is 3. The predicted octanol–water partition coefficient (Wildman–Crippen LogP) is 2.72. The van der Waals surface area contributed by atoms with Crippen molar-refractivity contribution in [2.75, 3.05) is 6.26 Å². The van der Waals surface area contributed by atoms with Crippen LogP contribution < -0.4 is 5.32 Å². The normalized spacial score (nSPS) is 10.3. The maximum Gasteiger partial charge on any atom is 0.253 e. The molecule has 0 bridgehead atoms. The van der Waals surface area contributed by atoms with E-state index in [9.17, 15) is 4.79 Å². The lowest BCUT2D eigenvalue weighted by Gasteiger charge is -2.07. The van der Waals surface area contributed by atoms with E-state index in [2.05, 4.69) is 15.3 Å². The lowest BCUT2D eigenvalue weighted by molar-refractivity contribution is 0.0950. The average molecular weight is 282 g/mol. The highest BCUT2D eigenvalue weighted by molar-refractivity contribution is 7.98. The van der Waals surface area contributed by atoms with Crippen LogP contribution >= 0.6 is 23.4 Å². The van der Waals surface area contributed by atoms with Crippen LogP contribution in [-0.4, -0.2) is 22.1 Å². The molecule has 6 heteroatoms. The highest BCUT2D eigenvalue weighted by atomic mass is 35.5. The van der Waals surface area contributed by atoms with Crippen LogP contribution in [0.4, 0.5) is 0 Å². The monoisotopic (exact) mass is 281 g/mol. The fourth-order valence-electron chi connectivity index (χ4n) is 1.46. The molecule has 94 valence electrons. The van der Waals surface area contributed by atoms with Crippen LogP contribution in [0.5, 0.6) is 0 Å². The Balaban J connectivity index is 2.08. The Hall–Kier alpha value is -1.46. The molecule has 0 atom stereocenters. The summed E-state index contributed by atoms with van der Waals surface area (Å²) in [6, 6.07) is 5.41. The molecule has 0 saturated heterocycles. The number of imidazole rings is 1. The Labute approximate surface area is 114 Å². The zero-order valence-corrected chi connectivity index (χ0v) is 11.3. The van der Waals surface area contributed by atoms with Gasteiger partial charge in [0.2, 0.25) is 0 Å². The molecule has 1 aromatic heterocycles. The van der Waals surface area contributed by atoms with Gasteiger partial charge in [-0.15, -0.1) is 11.8 Å². The summed E-state index contributed by atoms with van der Waals surface area (Å²) in [6.45, 7) is 0.401. The van der Waals surface area contributed by atoms with Gasteiger partial charge in [0.05, 0.1) is 29.2 Å². The lowest BCUT2D eigenvalue weighted by atomic mass is 10.2. The average Bonchev–Trinajstić information content (AvgIpc) is 2.89. The third kappa shape index (κ3) is 3.05. The summed E-state index contributed by atoms with van der Waals surface area (Å²) in [5.74, 6) is -0.189. The largest absolute Gasteiger partial charge is 0.347 e. The number of aromatic nitrogens is 2. The number of halogens is 1. The van der Waals surface area contributed by atoms with Crippen molar-refractivity contribution in [3.8, 4) is 0 Å². The van der Waals surface area contributed by atoms with Gasteiger partial charge >= 0.3 is 0 Å². The summed E-state index contributed by atoms with van der Waals surface area (Å²) >= 11 is 7.59. The molecule has 2 N–H and O–H groups in total. The Kier molecular flexibility index (Phi) is 4.28. The molecule has 0 radical (unpaired) electrons. The number of nitrogens with one attached hydrogen (secondary N) is 2. The molecule has 0 aliphatic carbocycles. The summed E-state index contributed by atoms with van der Waals surface area (Å²) in [5, 5.41) is 3.24. The number of carbonyl (C=O) groups is 1. The minimum absolute atomic E-state index is 0.189. The Bertz CT molecular complexity index is 542. The zero-order chi connectivity index (χ0) is 13.0. The minimum Gasteiger partial charge on any atom is -0.347 e. The van der Waals surface area contributed by atoms with E-state index >= 15 is 0 Å². The summed E-state index contributed by atoms with van der Waals surface area (Å²) in [4.78, 5) is 19.8. The van der Waals surface area contributed by atoms with E-state index in [0.29, 0.717) is 17.1 Å². The molecule has 0 fully saturated rings. The Morgan fingerprint density at radius 2 is 2.39 bits per heavy atom. The van der Waals surface area contributed by atoms with Crippen LogP contribution in [0.15, 0.2) is 35.6 Å². The molecule has 0 unspecified atom stereocenters. The first-order chi connectivity index (χ1) is 8.70. The molecule has 4 nitrogen and oxygen atoms in total. The molecule has 1 heterocycles. The summed E-state index contributed by atoms with van der Waals surface area (Å²) in [5.41, 5.74) is 1.34. The number of amides is 1. The van der Waals surface area contributed by atoms with Crippen LogP contribution in [0.3, 0.4) is 0 Å². The van der Waals surface area contributed by atoms with E-state index in [0.717, 1.165) is 10.6 Å². The van der Waals surface area contributed by atoms with Crippen molar-refractivity contribution in [2.24, 2.45) is 0 Å². The second kappa shape index (κ2) is 5.93. The maximum absolute atomic E-state index is 12.0. The number of H-pyrrole nitrogens is 1. The Morgan fingerprint density at radius 3 is 3.06 bits per heavy atom. The number of thioether (sulfide) groups is 1. The van der Waals surface area contributed by atoms with E-state index in [1.54, 1.807) is 36.4 Å². The highest BCUT2D eigenvalue weighted by Crippen LogP contribution is 2.22. The van der Waals surface area contributed by atoms with E-state index in [4.69, 9.17) is 11.6 Å². The number of benzene rings is 1. The van der Waals surface area contributed by atoms with Crippen LogP contribution in [0.1, 0.15) is 16.1 Å². The molecule has 18 heavy (non-hydrogen) atoms. The van der Waals surface area contributed by atoms with Crippen molar-refractivity contribution in [1.29, 1.82) is 0 Å². The molecular weight excluding hydrogens is 270 g/mol. The molecule has 2 rings (SSSR count). The second-order valence-corrected chi connectivity index (χ2v) is 4.89. The van der Waals surface area contributed by atoms with E-state index in [-0.39, 0.29) is 5.91 Å². The summed E-state index contributed by atoms with van der Waals surface area (Å²) in [6.07, 6.45) is 5.19. The van der Waals surface area contributed by atoms with Gasteiger partial charge in [-0.2, -0.15) is 0 Å². The van der Waals surface area contributed by atoms with Crippen LogP contribution in [0.25, 0.3) is 0 Å². The standard InChI is InChI=1S/C12H12ClN3OS/c1-18-9-2-3-11(13)10(4-9)12(17)15-6-8-5-14-7-16-8/h2-5,7H,6H2,1H3,(H,14,16)(H,15,17). The summed E-state index contributed by atoms with van der Waals surface area (Å²) < 4.78 is 0. The number of carbonyl (C=O) groups excluding carboxylic acids is 1.